The van der Waals surface area contributed by atoms with E-state index in [1.807, 2.05) is 0 Å². The molecule has 0 unspecified atom stereocenters. The molecule has 0 aromatic heterocycles. The van der Waals surface area contributed by atoms with Gasteiger partial charge in [0.15, 0.2) is 0 Å². The molecule has 0 spiro atoms. The second kappa shape index (κ2) is 12.3. The smallest absolute Gasteiger partial charge is 0.303 e. The Morgan fingerprint density at radius 2 is 1.50 bits per heavy atom. The molecule has 0 saturated heterocycles. The summed E-state index contributed by atoms with van der Waals surface area (Å²) in [5, 5.41) is 8.44. The van der Waals surface area contributed by atoms with Crippen molar-refractivity contribution in [2.24, 2.45) is 0 Å². The zero-order valence-electron chi connectivity index (χ0n) is 10.6. The maximum absolute atomic E-state index is 10.2. The monoisotopic (exact) mass is 226 g/mol. The van der Waals surface area contributed by atoms with E-state index >= 15 is 0 Å². The number of rotatable bonds is 11. The first-order valence-corrected chi connectivity index (χ1v) is 6.64. The van der Waals surface area contributed by atoms with Gasteiger partial charge < -0.3 is 5.11 Å². The zero-order valence-corrected chi connectivity index (χ0v) is 10.6. The number of carbonyl (C=O) groups is 1. The van der Waals surface area contributed by atoms with Crippen LogP contribution >= 0.6 is 0 Å². The summed E-state index contributed by atoms with van der Waals surface area (Å²) in [5.41, 5.74) is 0. The van der Waals surface area contributed by atoms with Crippen molar-refractivity contribution in [2.75, 3.05) is 0 Å². The van der Waals surface area contributed by atoms with Crippen LogP contribution in [0.3, 0.4) is 0 Å². The molecule has 1 N–H and O–H groups in total. The van der Waals surface area contributed by atoms with E-state index in [9.17, 15) is 4.79 Å². The second-order valence-electron chi connectivity index (χ2n) is 4.31. The molecule has 16 heavy (non-hydrogen) atoms. The SMILES string of the molecule is CCCCCC/C=C\CCCCCC(=O)O. The standard InChI is InChI=1S/C14H26O2/c1-2-3-4-5-6-7-8-9-10-11-12-13-14(15)16/h7-8H,2-6,9-13H2,1H3,(H,15,16)/b8-7-. The van der Waals surface area contributed by atoms with Crippen molar-refractivity contribution in [1.29, 1.82) is 0 Å². The number of unbranched alkanes of at least 4 members (excludes halogenated alkanes) is 7. The molecule has 0 atom stereocenters. The van der Waals surface area contributed by atoms with Gasteiger partial charge in [0, 0.05) is 6.42 Å². The van der Waals surface area contributed by atoms with Crippen LogP contribution < -0.4 is 0 Å². The fourth-order valence-corrected chi connectivity index (χ4v) is 1.64. The molecule has 0 radical (unpaired) electrons. The van der Waals surface area contributed by atoms with E-state index in [0.717, 1.165) is 25.7 Å². The van der Waals surface area contributed by atoms with E-state index < -0.39 is 5.97 Å². The first-order chi connectivity index (χ1) is 7.77. The maximum atomic E-state index is 10.2. The van der Waals surface area contributed by atoms with E-state index in [1.54, 1.807) is 0 Å². The topological polar surface area (TPSA) is 37.3 Å². The highest BCUT2D eigenvalue weighted by Gasteiger charge is 1.94. The molecule has 0 heterocycles. The van der Waals surface area contributed by atoms with Gasteiger partial charge in [-0.05, 0) is 32.1 Å². The first kappa shape index (κ1) is 15.2. The predicted molar refractivity (Wildman–Crippen MR) is 68.6 cm³/mol. The van der Waals surface area contributed by atoms with Crippen LogP contribution in [-0.2, 0) is 4.79 Å². The lowest BCUT2D eigenvalue weighted by Crippen LogP contribution is -1.93. The molecule has 2 nitrogen and oxygen atoms in total. The third kappa shape index (κ3) is 13.2. The van der Waals surface area contributed by atoms with Crippen molar-refractivity contribution in [1.82, 2.24) is 0 Å². The lowest BCUT2D eigenvalue weighted by molar-refractivity contribution is -0.137. The molecule has 0 aromatic carbocycles. The fourth-order valence-electron chi connectivity index (χ4n) is 1.64. The van der Waals surface area contributed by atoms with Gasteiger partial charge in [0.2, 0.25) is 0 Å². The average molecular weight is 226 g/mol. The van der Waals surface area contributed by atoms with Crippen LogP contribution in [0.5, 0.6) is 0 Å². The minimum absolute atomic E-state index is 0.320. The second-order valence-corrected chi connectivity index (χ2v) is 4.31. The number of hydrogen-bond donors (Lipinski definition) is 1. The van der Waals surface area contributed by atoms with Crippen LogP contribution in [0, 0.1) is 0 Å². The van der Waals surface area contributed by atoms with Gasteiger partial charge in [-0.1, -0.05) is 44.8 Å². The number of aliphatic carboxylic acids is 1. The summed E-state index contributed by atoms with van der Waals surface area (Å²) in [4.78, 5) is 10.2. The van der Waals surface area contributed by atoms with Gasteiger partial charge in [-0.25, -0.2) is 0 Å². The van der Waals surface area contributed by atoms with Crippen LogP contribution in [0.1, 0.15) is 71.1 Å². The van der Waals surface area contributed by atoms with Gasteiger partial charge in [-0.2, -0.15) is 0 Å². The normalized spacial score (nSPS) is 11.1. The van der Waals surface area contributed by atoms with E-state index in [2.05, 4.69) is 19.1 Å². The Morgan fingerprint density at radius 1 is 0.938 bits per heavy atom. The molecule has 0 rings (SSSR count). The van der Waals surface area contributed by atoms with Crippen molar-refractivity contribution < 1.29 is 9.90 Å². The molecular weight excluding hydrogens is 200 g/mol. The third-order valence-corrected chi connectivity index (χ3v) is 2.65. The van der Waals surface area contributed by atoms with Crippen LogP contribution in [0.15, 0.2) is 12.2 Å². The van der Waals surface area contributed by atoms with Crippen molar-refractivity contribution in [3.63, 3.8) is 0 Å². The first-order valence-electron chi connectivity index (χ1n) is 6.64. The summed E-state index contributed by atoms with van der Waals surface area (Å²) in [6.07, 6.45) is 15.4. The number of hydrogen-bond acceptors (Lipinski definition) is 1. The molecule has 0 aliphatic heterocycles. The van der Waals surface area contributed by atoms with Gasteiger partial charge in [-0.3, -0.25) is 4.79 Å². The van der Waals surface area contributed by atoms with Crippen molar-refractivity contribution in [3.8, 4) is 0 Å². The highest BCUT2D eigenvalue weighted by Crippen LogP contribution is 2.06. The Labute approximate surface area is 99.7 Å². The number of carboxylic acid groups (broad SMARTS) is 1. The molecule has 0 aromatic rings. The van der Waals surface area contributed by atoms with Crippen LogP contribution in [0.4, 0.5) is 0 Å². The van der Waals surface area contributed by atoms with Gasteiger partial charge >= 0.3 is 5.97 Å². The summed E-state index contributed by atoms with van der Waals surface area (Å²) in [6.45, 7) is 2.23. The Morgan fingerprint density at radius 3 is 2.00 bits per heavy atom. The van der Waals surface area contributed by atoms with E-state index in [1.165, 1.54) is 32.1 Å². The summed E-state index contributed by atoms with van der Waals surface area (Å²) < 4.78 is 0. The molecule has 0 fully saturated rings. The molecular formula is C14H26O2. The molecule has 0 saturated carbocycles. The lowest BCUT2D eigenvalue weighted by atomic mass is 10.1. The minimum atomic E-state index is -0.675. The molecule has 94 valence electrons. The van der Waals surface area contributed by atoms with E-state index in [4.69, 9.17) is 5.11 Å². The van der Waals surface area contributed by atoms with Crippen LogP contribution in [0.25, 0.3) is 0 Å². The van der Waals surface area contributed by atoms with Crippen LogP contribution in [-0.4, -0.2) is 11.1 Å². The van der Waals surface area contributed by atoms with Crippen molar-refractivity contribution in [3.05, 3.63) is 12.2 Å². The van der Waals surface area contributed by atoms with Gasteiger partial charge in [0.1, 0.15) is 0 Å². The minimum Gasteiger partial charge on any atom is -0.481 e. The number of carboxylic acids is 1. The van der Waals surface area contributed by atoms with E-state index in [-0.39, 0.29) is 0 Å². The number of allylic oxidation sites excluding steroid dienone is 2. The maximum Gasteiger partial charge on any atom is 0.303 e. The zero-order chi connectivity index (χ0) is 12.1. The summed E-state index contributed by atoms with van der Waals surface area (Å²) in [6, 6.07) is 0. The Kier molecular flexibility index (Phi) is 11.7. The molecule has 2 heteroatoms. The predicted octanol–water partition coefficient (Wildman–Crippen LogP) is 4.55. The molecule has 0 amide bonds. The molecule has 0 aliphatic carbocycles. The fraction of sp³-hybridized carbons (Fsp3) is 0.786. The lowest BCUT2D eigenvalue weighted by Gasteiger charge is -1.96. The Bertz CT molecular complexity index is 185. The average Bonchev–Trinajstić information content (AvgIpc) is 2.25. The Hall–Kier alpha value is -0.790. The summed E-state index contributed by atoms with van der Waals surface area (Å²) in [7, 11) is 0. The van der Waals surface area contributed by atoms with Crippen LogP contribution in [0.2, 0.25) is 0 Å². The third-order valence-electron chi connectivity index (χ3n) is 2.65. The summed E-state index contributed by atoms with van der Waals surface area (Å²) >= 11 is 0. The van der Waals surface area contributed by atoms with Gasteiger partial charge in [-0.15, -0.1) is 0 Å². The Balaban J connectivity index is 3.06. The highest BCUT2D eigenvalue weighted by atomic mass is 16.4. The molecule has 0 bridgehead atoms. The van der Waals surface area contributed by atoms with Crippen molar-refractivity contribution >= 4 is 5.97 Å². The highest BCUT2D eigenvalue weighted by molar-refractivity contribution is 5.66. The molecule has 0 aliphatic rings. The van der Waals surface area contributed by atoms with Crippen molar-refractivity contribution in [2.45, 2.75) is 71.1 Å². The van der Waals surface area contributed by atoms with Gasteiger partial charge in [0.25, 0.3) is 0 Å². The van der Waals surface area contributed by atoms with Gasteiger partial charge in [0.05, 0.1) is 0 Å². The van der Waals surface area contributed by atoms with E-state index in [0.29, 0.717) is 6.42 Å². The largest absolute Gasteiger partial charge is 0.481 e. The summed E-state index contributed by atoms with van der Waals surface area (Å²) in [5.74, 6) is -0.675. The quantitative estimate of drug-likeness (QED) is 0.414.